The molecule has 2 saturated carbocycles. The van der Waals surface area contributed by atoms with Crippen LogP contribution in [0.2, 0.25) is 0 Å². The molecule has 1 aromatic heterocycles. The lowest BCUT2D eigenvalue weighted by atomic mass is 9.44. The van der Waals surface area contributed by atoms with E-state index in [1.807, 2.05) is 0 Å². The second-order valence-electron chi connectivity index (χ2n) is 17.1. The van der Waals surface area contributed by atoms with Crippen LogP contribution in [0.3, 0.4) is 0 Å². The first-order valence-electron chi connectivity index (χ1n) is 19.9. The van der Waals surface area contributed by atoms with Gasteiger partial charge in [0.15, 0.2) is 30.0 Å². The molecule has 4 fully saturated rings. The van der Waals surface area contributed by atoms with Crippen molar-refractivity contribution in [3.8, 4) is 0 Å². The number of amides is 1. The van der Waals surface area contributed by atoms with E-state index in [9.17, 15) is 44.4 Å². The van der Waals surface area contributed by atoms with Crippen LogP contribution < -0.4 is 5.32 Å². The third kappa shape index (κ3) is 6.27. The van der Waals surface area contributed by atoms with Gasteiger partial charge in [-0.15, -0.1) is 0 Å². The summed E-state index contributed by atoms with van der Waals surface area (Å²) in [5.74, 6) is -5.27. The summed E-state index contributed by atoms with van der Waals surface area (Å²) in [6, 6.07) is 17.2. The zero-order chi connectivity index (χ0) is 43.8. The normalized spacial score (nSPS) is 35.5. The molecule has 17 heteroatoms. The van der Waals surface area contributed by atoms with E-state index >= 15 is 0 Å². The fraction of sp³-hybridized carbons (Fsp3) is 0.477. The van der Waals surface area contributed by atoms with E-state index in [0.717, 1.165) is 6.92 Å². The van der Waals surface area contributed by atoms with E-state index < -0.39 is 113 Å². The van der Waals surface area contributed by atoms with Gasteiger partial charge in [0, 0.05) is 29.7 Å². The van der Waals surface area contributed by atoms with Crippen LogP contribution in [0.4, 0.5) is 4.79 Å². The molecule has 0 radical (unpaired) electrons. The predicted molar refractivity (Wildman–Crippen MR) is 206 cm³/mol. The number of esters is 3. The molecule has 1 unspecified atom stereocenters. The molecule has 13 atom stereocenters. The maximum absolute atomic E-state index is 14.4. The number of furan rings is 1. The molecule has 17 nitrogen and oxygen atoms in total. The first-order valence-corrected chi connectivity index (χ1v) is 19.9. The summed E-state index contributed by atoms with van der Waals surface area (Å²) in [5.41, 5.74) is -7.34. The number of hydrogen-bond acceptors (Lipinski definition) is 16. The Hall–Kier alpha value is -5.59. The van der Waals surface area contributed by atoms with Crippen molar-refractivity contribution in [3.63, 3.8) is 0 Å². The number of hydrogen-bond donors (Lipinski definition) is 5. The van der Waals surface area contributed by atoms with Crippen molar-refractivity contribution in [1.82, 2.24) is 5.32 Å². The van der Waals surface area contributed by atoms with Gasteiger partial charge in [-0.25, -0.2) is 14.4 Å². The number of aliphatic hydroxyl groups is 4. The van der Waals surface area contributed by atoms with E-state index in [-0.39, 0.29) is 41.1 Å². The van der Waals surface area contributed by atoms with Crippen LogP contribution in [0.15, 0.2) is 94.6 Å². The SMILES string of the molecule is CC(=O)O[C@@]12CO[C@@H]1C[C@H](O)[C@]1(C)C2[C@H](OC(=O)c2ccccc2)[C@]23OC(=O)O[C@H]2[C@H](OC(=O)[C@H](O)[C@@H](NC(=O)c2ccccc2)c2ccco2)C(C)=C([C@@H](O)[C@H]1O)C3(C)C. The Morgan fingerprint density at radius 1 is 0.902 bits per heavy atom. The van der Waals surface area contributed by atoms with Gasteiger partial charge in [-0.1, -0.05) is 57.2 Å². The van der Waals surface area contributed by atoms with Crippen molar-refractivity contribution in [2.24, 2.45) is 16.7 Å². The van der Waals surface area contributed by atoms with Crippen LogP contribution in [0, 0.1) is 16.7 Å². The zero-order valence-corrected chi connectivity index (χ0v) is 33.9. The fourth-order valence-corrected chi connectivity index (χ4v) is 10.7. The van der Waals surface area contributed by atoms with Crippen molar-refractivity contribution >= 4 is 30.0 Å². The fourth-order valence-electron chi connectivity index (χ4n) is 10.7. The second-order valence-corrected chi connectivity index (χ2v) is 17.1. The number of ether oxygens (including phenoxy) is 6. The second kappa shape index (κ2) is 15.1. The highest BCUT2D eigenvalue weighted by Gasteiger charge is 2.82. The first-order chi connectivity index (χ1) is 28.9. The molecule has 2 aromatic carbocycles. The summed E-state index contributed by atoms with van der Waals surface area (Å²) in [6.45, 7) is 6.90. The number of fused-ring (bicyclic) bond motifs is 4. The molecule has 3 heterocycles. The lowest BCUT2D eigenvalue weighted by Crippen LogP contribution is -2.83. The van der Waals surface area contributed by atoms with Crippen molar-refractivity contribution < 1.29 is 77.2 Å². The quantitative estimate of drug-likeness (QED) is 0.118. The number of nitrogens with one attached hydrogen (secondary N) is 1. The number of carbonyl (C=O) groups excluding carboxylic acids is 5. The van der Waals surface area contributed by atoms with E-state index in [1.165, 1.54) is 56.5 Å². The van der Waals surface area contributed by atoms with Gasteiger partial charge in [0.05, 0.1) is 36.6 Å². The Balaban J connectivity index is 1.29. The van der Waals surface area contributed by atoms with Gasteiger partial charge in [0.1, 0.15) is 24.0 Å². The van der Waals surface area contributed by atoms with Crippen LogP contribution >= 0.6 is 0 Å². The standard InChI is InChI=1S/C44H47NO16/c1-21-28-30(48)34(50)42(5)26(47)19-27-43(20-56-27,60-22(2)46)33(42)36(58-38(52)24-15-10-7-11-16-24)44(41(28,3)4)35(59-40(54)61-44)32(21)57-39(53)31(49)29(25-17-12-18-55-25)45-37(51)23-13-8-6-9-14-23/h6-18,26-27,29-36,47-50H,19-20H2,1-5H3,(H,45,51)/t26-,27+,29-,30+,31+,32+,33?,34+,35-,36-,42+,43-,44+/m0/s1. The number of benzene rings is 2. The first kappa shape index (κ1) is 42.1. The Morgan fingerprint density at radius 3 is 2.15 bits per heavy atom. The molecule has 5 aliphatic rings. The average molecular weight is 846 g/mol. The van der Waals surface area contributed by atoms with Crippen LogP contribution in [-0.4, -0.2) is 117 Å². The van der Waals surface area contributed by atoms with E-state index in [2.05, 4.69) is 5.32 Å². The van der Waals surface area contributed by atoms with Crippen LogP contribution in [0.25, 0.3) is 0 Å². The summed E-state index contributed by atoms with van der Waals surface area (Å²) >= 11 is 0. The number of rotatable bonds is 9. The highest BCUT2D eigenvalue weighted by molar-refractivity contribution is 5.95. The average Bonchev–Trinajstić information content (AvgIpc) is 3.90. The minimum atomic E-state index is -2.31. The lowest BCUT2D eigenvalue weighted by molar-refractivity contribution is -0.364. The summed E-state index contributed by atoms with van der Waals surface area (Å²) in [4.78, 5) is 68.9. The zero-order valence-electron chi connectivity index (χ0n) is 33.9. The molecule has 5 N–H and O–H groups in total. The molecule has 3 aromatic rings. The van der Waals surface area contributed by atoms with Crippen molar-refractivity contribution in [3.05, 3.63) is 107 Å². The molecular formula is C44H47NO16. The summed E-state index contributed by atoms with van der Waals surface area (Å²) < 4.78 is 42.3. The molecular weight excluding hydrogens is 798 g/mol. The van der Waals surface area contributed by atoms with Gasteiger partial charge in [-0.05, 0) is 54.5 Å². The van der Waals surface area contributed by atoms with Crippen molar-refractivity contribution in [2.45, 2.75) is 107 Å². The molecule has 8 rings (SSSR count). The van der Waals surface area contributed by atoms with E-state index in [0.29, 0.717) is 0 Å². The van der Waals surface area contributed by atoms with Gasteiger partial charge < -0.3 is 58.6 Å². The topological polar surface area (TPSA) is 247 Å². The van der Waals surface area contributed by atoms with Gasteiger partial charge in [-0.3, -0.25) is 9.59 Å². The third-order valence-electron chi connectivity index (χ3n) is 13.6. The molecule has 3 aliphatic carbocycles. The minimum absolute atomic E-state index is 0.0135. The Kier molecular flexibility index (Phi) is 10.4. The van der Waals surface area contributed by atoms with E-state index in [4.69, 9.17) is 32.8 Å². The van der Waals surface area contributed by atoms with E-state index in [1.54, 1.807) is 50.2 Å². The molecule has 1 spiro atoms. The molecule has 2 saturated heterocycles. The Bertz CT molecular complexity index is 2240. The molecule has 1 amide bonds. The predicted octanol–water partition coefficient (Wildman–Crippen LogP) is 2.70. The lowest BCUT2D eigenvalue weighted by Gasteiger charge is -2.68. The minimum Gasteiger partial charge on any atom is -0.467 e. The van der Waals surface area contributed by atoms with Gasteiger partial charge in [0.25, 0.3) is 5.91 Å². The highest BCUT2D eigenvalue weighted by Crippen LogP contribution is 2.67. The summed E-state index contributed by atoms with van der Waals surface area (Å²) in [7, 11) is 0. The van der Waals surface area contributed by atoms with Gasteiger partial charge >= 0.3 is 24.1 Å². The summed E-state index contributed by atoms with van der Waals surface area (Å²) in [6.07, 6.45) is -14.0. The smallest absolute Gasteiger partial charge is 0.467 e. The molecule has 61 heavy (non-hydrogen) atoms. The largest absolute Gasteiger partial charge is 0.509 e. The van der Waals surface area contributed by atoms with Gasteiger partial charge in [0.2, 0.25) is 5.60 Å². The number of aliphatic hydroxyl groups excluding tert-OH is 4. The monoisotopic (exact) mass is 845 g/mol. The summed E-state index contributed by atoms with van der Waals surface area (Å²) in [5, 5.41) is 51.3. The Morgan fingerprint density at radius 2 is 1.56 bits per heavy atom. The van der Waals surface area contributed by atoms with Gasteiger partial charge in [-0.2, -0.15) is 0 Å². The molecule has 324 valence electrons. The van der Waals surface area contributed by atoms with Crippen molar-refractivity contribution in [2.75, 3.05) is 6.61 Å². The molecule has 2 aliphatic heterocycles. The van der Waals surface area contributed by atoms with Crippen molar-refractivity contribution in [1.29, 1.82) is 0 Å². The third-order valence-corrected chi connectivity index (χ3v) is 13.6. The number of carbonyl (C=O) groups is 5. The van der Waals surface area contributed by atoms with Crippen LogP contribution in [0.5, 0.6) is 0 Å². The van der Waals surface area contributed by atoms with Crippen LogP contribution in [0.1, 0.15) is 73.6 Å². The maximum Gasteiger partial charge on any atom is 0.509 e. The Labute approximate surface area is 349 Å². The maximum atomic E-state index is 14.4. The van der Waals surface area contributed by atoms with Crippen LogP contribution in [-0.2, 0) is 38.0 Å². The highest BCUT2D eigenvalue weighted by atomic mass is 16.8. The molecule has 2 bridgehead atoms.